The summed E-state index contributed by atoms with van der Waals surface area (Å²) in [6, 6.07) is 19.4. The summed E-state index contributed by atoms with van der Waals surface area (Å²) in [5, 5.41) is 10.9. The maximum atomic E-state index is 12.0. The molecule has 0 saturated heterocycles. The van der Waals surface area contributed by atoms with E-state index < -0.39 is 0 Å². The summed E-state index contributed by atoms with van der Waals surface area (Å²) >= 11 is 0. The van der Waals surface area contributed by atoms with Crippen LogP contribution in [0.2, 0.25) is 0 Å². The molecule has 1 amide bonds. The van der Waals surface area contributed by atoms with E-state index in [2.05, 4.69) is 5.32 Å². The summed E-state index contributed by atoms with van der Waals surface area (Å²) in [7, 11) is 0. The molecule has 1 fully saturated rings. The van der Waals surface area contributed by atoms with Gasteiger partial charge in [-0.15, -0.1) is 0 Å². The van der Waals surface area contributed by atoms with E-state index in [4.69, 9.17) is 10.1 Å². The van der Waals surface area contributed by atoms with Crippen LogP contribution in [0.4, 0.5) is 5.69 Å². The third-order valence-corrected chi connectivity index (χ3v) is 4.32. The number of para-hydroxylation sites is 1. The van der Waals surface area contributed by atoms with Crippen LogP contribution in [-0.4, -0.2) is 17.7 Å². The van der Waals surface area contributed by atoms with Crippen molar-refractivity contribution in [1.29, 1.82) is 5.41 Å². The van der Waals surface area contributed by atoms with Crippen LogP contribution in [0, 0.1) is 11.3 Å². The molecule has 0 spiro atoms. The van der Waals surface area contributed by atoms with E-state index in [1.165, 1.54) is 5.56 Å². The fraction of sp³-hybridized carbons (Fsp3) is 0.300. The Hall–Kier alpha value is -2.46. The maximum Gasteiger partial charge on any atom is 0.230 e. The first kappa shape index (κ1) is 16.4. The average Bonchev–Trinajstić information content (AvgIpc) is 2.55. The Morgan fingerprint density at radius 3 is 2.33 bits per heavy atom. The number of anilines is 1. The van der Waals surface area contributed by atoms with E-state index in [1.54, 1.807) is 0 Å². The Kier molecular flexibility index (Phi) is 5.39. The maximum absolute atomic E-state index is 12.0. The minimum atomic E-state index is -0.125. The quantitative estimate of drug-likeness (QED) is 0.756. The van der Waals surface area contributed by atoms with Crippen molar-refractivity contribution in [1.82, 2.24) is 0 Å². The monoisotopic (exact) mass is 322 g/mol. The number of hydrogen-bond acceptors (Lipinski definition) is 3. The summed E-state index contributed by atoms with van der Waals surface area (Å²) in [5.74, 6) is 0.0483. The minimum Gasteiger partial charge on any atom is -0.373 e. The third-order valence-electron chi connectivity index (χ3n) is 4.32. The molecular formula is C20H22N2O2. The van der Waals surface area contributed by atoms with Gasteiger partial charge in [-0.3, -0.25) is 4.79 Å². The van der Waals surface area contributed by atoms with Crippen LogP contribution in [0.5, 0.6) is 0 Å². The van der Waals surface area contributed by atoms with Gasteiger partial charge in [0.15, 0.2) is 0 Å². The Labute approximate surface area is 142 Å². The summed E-state index contributed by atoms with van der Waals surface area (Å²) in [6.07, 6.45) is 2.03. The molecule has 1 aliphatic rings. The summed E-state index contributed by atoms with van der Waals surface area (Å²) in [5.41, 5.74) is 2.44. The van der Waals surface area contributed by atoms with Crippen molar-refractivity contribution in [2.24, 2.45) is 5.92 Å². The lowest BCUT2D eigenvalue weighted by Crippen LogP contribution is -2.37. The molecule has 124 valence electrons. The minimum absolute atomic E-state index is 0.125. The first-order chi connectivity index (χ1) is 11.7. The summed E-state index contributed by atoms with van der Waals surface area (Å²) in [4.78, 5) is 12.0. The second kappa shape index (κ2) is 7.88. The van der Waals surface area contributed by atoms with Gasteiger partial charge in [0, 0.05) is 17.3 Å². The van der Waals surface area contributed by atoms with E-state index in [-0.39, 0.29) is 24.3 Å². The second-order valence-electron chi connectivity index (χ2n) is 6.20. The lowest BCUT2D eigenvalue weighted by molar-refractivity contribution is -0.115. The highest BCUT2D eigenvalue weighted by molar-refractivity contribution is 6.06. The zero-order chi connectivity index (χ0) is 16.8. The van der Waals surface area contributed by atoms with E-state index >= 15 is 0 Å². The highest BCUT2D eigenvalue weighted by Crippen LogP contribution is 2.32. The van der Waals surface area contributed by atoms with E-state index in [1.807, 2.05) is 60.7 Å². The predicted molar refractivity (Wildman–Crippen MR) is 95.2 cm³/mol. The smallest absolute Gasteiger partial charge is 0.230 e. The van der Waals surface area contributed by atoms with Gasteiger partial charge in [-0.25, -0.2) is 0 Å². The number of rotatable bonds is 7. The standard InChI is InChI=1S/C20H22N2O2/c21-19(13-20(23)22-17-9-5-2-6-10-17)16-11-18(12-16)24-14-15-7-3-1-4-8-15/h1-10,16,18,21H,11-14H2,(H,22,23). The van der Waals surface area contributed by atoms with Crippen molar-refractivity contribution in [3.8, 4) is 0 Å². The molecule has 0 radical (unpaired) electrons. The Balaban J connectivity index is 1.36. The Morgan fingerprint density at radius 1 is 1.04 bits per heavy atom. The lowest BCUT2D eigenvalue weighted by atomic mass is 9.78. The first-order valence-electron chi connectivity index (χ1n) is 8.28. The van der Waals surface area contributed by atoms with Gasteiger partial charge in [0.05, 0.1) is 19.1 Å². The Morgan fingerprint density at radius 2 is 1.67 bits per heavy atom. The molecule has 4 heteroatoms. The number of amides is 1. The van der Waals surface area contributed by atoms with Gasteiger partial charge in [-0.1, -0.05) is 48.5 Å². The first-order valence-corrected chi connectivity index (χ1v) is 8.28. The number of hydrogen-bond donors (Lipinski definition) is 2. The number of carbonyl (C=O) groups excluding carboxylic acids is 1. The SMILES string of the molecule is N=C(CC(=O)Nc1ccccc1)C1CC(OCc2ccccc2)C1. The van der Waals surface area contributed by atoms with Crippen LogP contribution < -0.4 is 5.32 Å². The van der Waals surface area contributed by atoms with Crippen molar-refractivity contribution in [2.75, 3.05) is 5.32 Å². The second-order valence-corrected chi connectivity index (χ2v) is 6.20. The molecule has 24 heavy (non-hydrogen) atoms. The van der Waals surface area contributed by atoms with Gasteiger partial charge in [0.25, 0.3) is 0 Å². The van der Waals surface area contributed by atoms with Gasteiger partial charge < -0.3 is 15.5 Å². The van der Waals surface area contributed by atoms with Crippen LogP contribution in [0.15, 0.2) is 60.7 Å². The van der Waals surface area contributed by atoms with Gasteiger partial charge in [-0.05, 0) is 30.5 Å². The highest BCUT2D eigenvalue weighted by atomic mass is 16.5. The van der Waals surface area contributed by atoms with E-state index in [9.17, 15) is 4.79 Å². The lowest BCUT2D eigenvalue weighted by Gasteiger charge is -2.35. The van der Waals surface area contributed by atoms with Crippen LogP contribution >= 0.6 is 0 Å². The zero-order valence-electron chi connectivity index (χ0n) is 13.6. The number of ether oxygens (including phenoxy) is 1. The number of benzene rings is 2. The van der Waals surface area contributed by atoms with Crippen molar-refractivity contribution < 1.29 is 9.53 Å². The van der Waals surface area contributed by atoms with Crippen LogP contribution in [0.3, 0.4) is 0 Å². The molecule has 3 rings (SSSR count). The Bertz CT molecular complexity index is 679. The van der Waals surface area contributed by atoms with Gasteiger partial charge in [0.2, 0.25) is 5.91 Å². The van der Waals surface area contributed by atoms with Gasteiger partial charge >= 0.3 is 0 Å². The molecule has 0 bridgehead atoms. The normalized spacial score (nSPS) is 19.3. The van der Waals surface area contributed by atoms with E-state index in [0.29, 0.717) is 12.3 Å². The predicted octanol–water partition coefficient (Wildman–Crippen LogP) is 4.03. The van der Waals surface area contributed by atoms with Crippen molar-refractivity contribution >= 4 is 17.3 Å². The zero-order valence-corrected chi connectivity index (χ0v) is 13.6. The van der Waals surface area contributed by atoms with Crippen LogP contribution in [0.25, 0.3) is 0 Å². The third kappa shape index (κ3) is 4.52. The topological polar surface area (TPSA) is 62.2 Å². The molecule has 1 aliphatic carbocycles. The molecule has 2 aromatic carbocycles. The molecule has 0 atom stereocenters. The highest BCUT2D eigenvalue weighted by Gasteiger charge is 2.33. The average molecular weight is 322 g/mol. The summed E-state index contributed by atoms with van der Waals surface area (Å²) < 4.78 is 5.85. The molecule has 0 aliphatic heterocycles. The molecule has 4 nitrogen and oxygen atoms in total. The fourth-order valence-electron chi connectivity index (χ4n) is 2.82. The molecular weight excluding hydrogens is 300 g/mol. The number of nitrogens with one attached hydrogen (secondary N) is 2. The van der Waals surface area contributed by atoms with Gasteiger partial charge in [0.1, 0.15) is 0 Å². The van der Waals surface area contributed by atoms with Crippen LogP contribution in [0.1, 0.15) is 24.8 Å². The van der Waals surface area contributed by atoms with Crippen molar-refractivity contribution in [3.63, 3.8) is 0 Å². The molecule has 0 unspecified atom stereocenters. The molecule has 1 saturated carbocycles. The molecule has 0 heterocycles. The van der Waals surface area contributed by atoms with Crippen LogP contribution in [-0.2, 0) is 16.1 Å². The van der Waals surface area contributed by atoms with E-state index in [0.717, 1.165) is 18.5 Å². The van der Waals surface area contributed by atoms with Gasteiger partial charge in [-0.2, -0.15) is 0 Å². The largest absolute Gasteiger partial charge is 0.373 e. The van der Waals surface area contributed by atoms with Crippen molar-refractivity contribution in [2.45, 2.75) is 32.0 Å². The molecule has 2 aromatic rings. The fourth-order valence-corrected chi connectivity index (χ4v) is 2.82. The van der Waals surface area contributed by atoms with Crippen molar-refractivity contribution in [3.05, 3.63) is 66.2 Å². The molecule has 0 aromatic heterocycles. The summed E-state index contributed by atoms with van der Waals surface area (Å²) in [6.45, 7) is 0.611. The number of carbonyl (C=O) groups is 1. The molecule has 2 N–H and O–H groups in total.